The number of hydrazine groups is 1. The molecule has 1 aliphatic rings. The van der Waals surface area contributed by atoms with Gasteiger partial charge in [0.2, 0.25) is 0 Å². The van der Waals surface area contributed by atoms with Crippen LogP contribution in [0.3, 0.4) is 0 Å². The van der Waals surface area contributed by atoms with Gasteiger partial charge >= 0.3 is 0 Å². The van der Waals surface area contributed by atoms with Gasteiger partial charge in [0.25, 0.3) is 0 Å². The first kappa shape index (κ1) is 15.3. The number of rotatable bonds is 7. The van der Waals surface area contributed by atoms with E-state index in [0.29, 0.717) is 6.61 Å². The Balaban J connectivity index is 2.42. The Morgan fingerprint density at radius 3 is 2.65 bits per heavy atom. The van der Waals surface area contributed by atoms with Crippen molar-refractivity contribution in [1.29, 1.82) is 0 Å². The number of nitrogens with zero attached hydrogens (tertiary/aromatic N) is 2. The number of methoxy groups -OCH3 is 1. The van der Waals surface area contributed by atoms with Gasteiger partial charge < -0.3 is 9.47 Å². The van der Waals surface area contributed by atoms with Crippen molar-refractivity contribution in [3.63, 3.8) is 0 Å². The van der Waals surface area contributed by atoms with Gasteiger partial charge in [0.05, 0.1) is 24.9 Å². The fraction of sp³-hybridized carbons (Fsp3) is 0.786. The first-order chi connectivity index (χ1) is 9.72. The summed E-state index contributed by atoms with van der Waals surface area (Å²) in [5.41, 5.74) is 3.67. The summed E-state index contributed by atoms with van der Waals surface area (Å²) < 4.78 is 13.5. The van der Waals surface area contributed by atoms with Gasteiger partial charge in [-0.2, -0.15) is 5.10 Å². The van der Waals surface area contributed by atoms with Gasteiger partial charge in [0.1, 0.15) is 5.69 Å². The average Bonchev–Trinajstić information content (AvgIpc) is 3.08. The summed E-state index contributed by atoms with van der Waals surface area (Å²) in [5, 5.41) is 4.38. The molecular weight excluding hydrogens is 256 g/mol. The van der Waals surface area contributed by atoms with Crippen molar-refractivity contribution < 1.29 is 9.47 Å². The molecule has 2 rings (SSSR count). The third-order valence-electron chi connectivity index (χ3n) is 4.21. The van der Waals surface area contributed by atoms with E-state index in [4.69, 9.17) is 15.3 Å². The number of nitrogens with two attached hydrogens (primary N) is 1. The van der Waals surface area contributed by atoms with Crippen molar-refractivity contribution in [3.05, 3.63) is 11.9 Å². The second kappa shape index (κ2) is 6.56. The molecule has 6 nitrogen and oxygen atoms in total. The summed E-state index contributed by atoms with van der Waals surface area (Å²) in [6, 6.07) is -0.109. The van der Waals surface area contributed by atoms with Crippen molar-refractivity contribution in [2.45, 2.75) is 57.7 Å². The normalized spacial score (nSPS) is 19.2. The van der Waals surface area contributed by atoms with Gasteiger partial charge in [0.15, 0.2) is 5.75 Å². The van der Waals surface area contributed by atoms with Gasteiger partial charge in [-0.3, -0.25) is 10.5 Å². The molecular formula is C14H26N4O2. The molecule has 1 unspecified atom stereocenters. The van der Waals surface area contributed by atoms with Crippen LogP contribution in [0.15, 0.2) is 6.20 Å². The van der Waals surface area contributed by atoms with E-state index in [1.165, 1.54) is 12.8 Å². The first-order valence-electron chi connectivity index (χ1n) is 7.42. The summed E-state index contributed by atoms with van der Waals surface area (Å²) in [7, 11) is 1.66. The second-order valence-corrected chi connectivity index (χ2v) is 5.22. The largest absolute Gasteiger partial charge is 0.493 e. The first-order valence-corrected chi connectivity index (χ1v) is 7.42. The Morgan fingerprint density at radius 1 is 1.45 bits per heavy atom. The Hall–Kier alpha value is -1.11. The Kier molecular flexibility index (Phi) is 5.01. The van der Waals surface area contributed by atoms with Crippen molar-refractivity contribution in [1.82, 2.24) is 15.2 Å². The maximum atomic E-state index is 6.13. The molecule has 0 radical (unpaired) electrons. The fourth-order valence-corrected chi connectivity index (χ4v) is 3.34. The topological polar surface area (TPSA) is 74.3 Å². The highest BCUT2D eigenvalue weighted by molar-refractivity contribution is 5.31. The standard InChI is InChI=1S/C14H26N4O2/c1-4-18-12(11(19-3)10-16-18)13(17-15)14(20-5-2)8-6-7-9-14/h10,13,17H,4-9,15H2,1-3H3. The van der Waals surface area contributed by atoms with E-state index in [1.54, 1.807) is 13.3 Å². The summed E-state index contributed by atoms with van der Waals surface area (Å²) >= 11 is 0. The van der Waals surface area contributed by atoms with Crippen LogP contribution >= 0.6 is 0 Å². The number of aryl methyl sites for hydroxylation is 1. The van der Waals surface area contributed by atoms with Crippen LogP contribution in [-0.4, -0.2) is 29.1 Å². The minimum atomic E-state index is -0.260. The predicted molar refractivity (Wildman–Crippen MR) is 77.3 cm³/mol. The molecule has 0 saturated heterocycles. The van der Waals surface area contributed by atoms with Gasteiger partial charge in [-0.1, -0.05) is 12.8 Å². The van der Waals surface area contributed by atoms with Crippen LogP contribution < -0.4 is 16.0 Å². The SMILES string of the molecule is CCOC1(C(NN)c2c(OC)cnn2CC)CCCC1. The molecule has 20 heavy (non-hydrogen) atoms. The van der Waals surface area contributed by atoms with E-state index in [2.05, 4.69) is 17.4 Å². The van der Waals surface area contributed by atoms with Crippen molar-refractivity contribution >= 4 is 0 Å². The van der Waals surface area contributed by atoms with Crippen molar-refractivity contribution in [2.24, 2.45) is 5.84 Å². The average molecular weight is 282 g/mol. The molecule has 0 bridgehead atoms. The third kappa shape index (κ3) is 2.55. The molecule has 1 atom stereocenters. The molecule has 1 heterocycles. The number of nitrogens with one attached hydrogen (secondary N) is 1. The van der Waals surface area contributed by atoms with Gasteiger partial charge in [-0.05, 0) is 26.7 Å². The van der Waals surface area contributed by atoms with E-state index < -0.39 is 0 Å². The maximum absolute atomic E-state index is 6.13. The Bertz CT molecular complexity index is 405. The summed E-state index contributed by atoms with van der Waals surface area (Å²) in [5.74, 6) is 6.64. The highest BCUT2D eigenvalue weighted by Crippen LogP contribution is 2.44. The second-order valence-electron chi connectivity index (χ2n) is 5.22. The van der Waals surface area contributed by atoms with Crippen LogP contribution in [0.2, 0.25) is 0 Å². The molecule has 0 spiro atoms. The number of hydrogen-bond acceptors (Lipinski definition) is 5. The van der Waals surface area contributed by atoms with Gasteiger partial charge in [-0.25, -0.2) is 5.43 Å². The highest BCUT2D eigenvalue weighted by atomic mass is 16.5. The quantitative estimate of drug-likeness (QED) is 0.589. The number of aromatic nitrogens is 2. The van der Waals surface area contributed by atoms with E-state index >= 15 is 0 Å². The molecule has 0 aliphatic heterocycles. The zero-order valence-corrected chi connectivity index (χ0v) is 12.7. The lowest BCUT2D eigenvalue weighted by Gasteiger charge is -2.37. The molecule has 3 N–H and O–H groups in total. The van der Waals surface area contributed by atoms with Gasteiger partial charge in [0, 0.05) is 13.2 Å². The number of ether oxygens (including phenoxy) is 2. The Morgan fingerprint density at radius 2 is 2.15 bits per heavy atom. The monoisotopic (exact) mass is 282 g/mol. The van der Waals surface area contributed by atoms with Crippen molar-refractivity contribution in [2.75, 3.05) is 13.7 Å². The molecule has 114 valence electrons. The van der Waals surface area contributed by atoms with E-state index in [-0.39, 0.29) is 11.6 Å². The third-order valence-corrected chi connectivity index (χ3v) is 4.21. The molecule has 1 aliphatic carbocycles. The van der Waals surface area contributed by atoms with Crippen LogP contribution in [0.5, 0.6) is 5.75 Å². The lowest BCUT2D eigenvalue weighted by atomic mass is 9.89. The van der Waals surface area contributed by atoms with Crippen LogP contribution in [-0.2, 0) is 11.3 Å². The van der Waals surface area contributed by atoms with Crippen LogP contribution in [0.1, 0.15) is 51.3 Å². The lowest BCUT2D eigenvalue weighted by Crippen LogP contribution is -2.48. The van der Waals surface area contributed by atoms with Gasteiger partial charge in [-0.15, -0.1) is 0 Å². The molecule has 0 aromatic carbocycles. The molecule has 1 aromatic rings. The van der Waals surface area contributed by atoms with Crippen LogP contribution in [0.4, 0.5) is 0 Å². The molecule has 1 fully saturated rings. The van der Waals surface area contributed by atoms with E-state index in [1.807, 2.05) is 11.6 Å². The maximum Gasteiger partial charge on any atom is 0.161 e. The molecule has 6 heteroatoms. The van der Waals surface area contributed by atoms with Crippen molar-refractivity contribution in [3.8, 4) is 5.75 Å². The Labute approximate surface area is 120 Å². The van der Waals surface area contributed by atoms with E-state index in [0.717, 1.165) is 30.8 Å². The molecule has 1 saturated carbocycles. The lowest BCUT2D eigenvalue weighted by molar-refractivity contribution is -0.0650. The summed E-state index contributed by atoms with van der Waals surface area (Å²) in [6.07, 6.45) is 6.10. The number of hydrogen-bond donors (Lipinski definition) is 2. The smallest absolute Gasteiger partial charge is 0.161 e. The highest BCUT2D eigenvalue weighted by Gasteiger charge is 2.45. The van der Waals surface area contributed by atoms with Crippen LogP contribution in [0.25, 0.3) is 0 Å². The summed E-state index contributed by atoms with van der Waals surface area (Å²) in [6.45, 7) is 5.55. The van der Waals surface area contributed by atoms with E-state index in [9.17, 15) is 0 Å². The van der Waals surface area contributed by atoms with Crippen LogP contribution in [0, 0.1) is 0 Å². The minimum Gasteiger partial charge on any atom is -0.493 e. The fourth-order valence-electron chi connectivity index (χ4n) is 3.34. The minimum absolute atomic E-state index is 0.109. The zero-order valence-electron chi connectivity index (χ0n) is 12.7. The predicted octanol–water partition coefficient (Wildman–Crippen LogP) is 1.77. The molecule has 0 amide bonds. The zero-order chi connectivity index (χ0) is 14.6. The summed E-state index contributed by atoms with van der Waals surface area (Å²) in [4.78, 5) is 0. The molecule has 1 aromatic heterocycles.